The predicted octanol–water partition coefficient (Wildman–Crippen LogP) is 4.81. The summed E-state index contributed by atoms with van der Waals surface area (Å²) in [6, 6.07) is 9.44. The number of nitrogens with one attached hydrogen (secondary N) is 1. The summed E-state index contributed by atoms with van der Waals surface area (Å²) >= 11 is 2.08. The molecule has 2 heteroatoms. The minimum atomic E-state index is 0.462. The van der Waals surface area contributed by atoms with E-state index in [2.05, 4.69) is 76.0 Å². The first kappa shape index (κ1) is 16.6. The molecule has 0 saturated carbocycles. The summed E-state index contributed by atoms with van der Waals surface area (Å²) in [6.45, 7) is 12.4. The van der Waals surface area contributed by atoms with Crippen molar-refractivity contribution in [1.82, 2.24) is 5.32 Å². The Morgan fingerprint density at radius 2 is 1.74 bits per heavy atom. The molecule has 2 atom stereocenters. The maximum Gasteiger partial charge on any atom is 0.0437 e. The van der Waals surface area contributed by atoms with Crippen LogP contribution in [0.1, 0.15) is 51.3 Å². The maximum atomic E-state index is 3.71. The van der Waals surface area contributed by atoms with Crippen LogP contribution in [-0.2, 0) is 0 Å². The maximum absolute atomic E-state index is 3.71. The van der Waals surface area contributed by atoms with Crippen LogP contribution in [0.15, 0.2) is 24.3 Å². The molecule has 1 aromatic carbocycles. The van der Waals surface area contributed by atoms with Crippen molar-refractivity contribution in [3.8, 4) is 0 Å². The molecular weight excluding hydrogens is 250 g/mol. The average Bonchev–Trinajstić information content (AvgIpc) is 2.38. The molecule has 0 amide bonds. The molecular formula is C17H29NS. The molecule has 1 nitrogen and oxygen atoms in total. The number of rotatable bonds is 8. The summed E-state index contributed by atoms with van der Waals surface area (Å²) in [7, 11) is 0. The summed E-state index contributed by atoms with van der Waals surface area (Å²) < 4.78 is 0. The Kier molecular flexibility index (Phi) is 7.55. The molecule has 1 rings (SSSR count). The van der Waals surface area contributed by atoms with Gasteiger partial charge in [0.1, 0.15) is 0 Å². The van der Waals surface area contributed by atoms with Gasteiger partial charge in [-0.3, -0.25) is 0 Å². The Balaban J connectivity index is 2.72. The fourth-order valence-electron chi connectivity index (χ4n) is 2.07. The minimum Gasteiger partial charge on any atom is -0.309 e. The van der Waals surface area contributed by atoms with Crippen LogP contribution in [-0.4, -0.2) is 17.5 Å². The number of hydrogen-bond donors (Lipinski definition) is 1. The molecule has 0 aliphatic heterocycles. The first-order valence-electron chi connectivity index (χ1n) is 7.46. The first-order valence-corrected chi connectivity index (χ1v) is 8.51. The first-order chi connectivity index (χ1) is 9.04. The van der Waals surface area contributed by atoms with E-state index < -0.39 is 0 Å². The Bertz CT molecular complexity index is 345. The molecule has 0 aromatic heterocycles. The van der Waals surface area contributed by atoms with Crippen LogP contribution < -0.4 is 5.32 Å². The van der Waals surface area contributed by atoms with Crippen molar-refractivity contribution in [2.45, 2.75) is 52.3 Å². The third-order valence-electron chi connectivity index (χ3n) is 3.21. The smallest absolute Gasteiger partial charge is 0.0437 e. The van der Waals surface area contributed by atoms with Gasteiger partial charge in [0.15, 0.2) is 0 Å². The second-order valence-electron chi connectivity index (χ2n) is 5.77. The van der Waals surface area contributed by atoms with E-state index in [1.807, 2.05) is 0 Å². The van der Waals surface area contributed by atoms with Gasteiger partial charge >= 0.3 is 0 Å². The SMILES string of the molecule is CCCNC(c1ccc(C)cc1)C(C)SCC(C)C. The normalized spacial score (nSPS) is 14.6. The van der Waals surface area contributed by atoms with Gasteiger partial charge in [0.2, 0.25) is 0 Å². The van der Waals surface area contributed by atoms with Gasteiger partial charge in [-0.25, -0.2) is 0 Å². The van der Waals surface area contributed by atoms with Gasteiger partial charge in [-0.2, -0.15) is 11.8 Å². The molecule has 0 spiro atoms. The van der Waals surface area contributed by atoms with E-state index >= 15 is 0 Å². The third-order valence-corrected chi connectivity index (χ3v) is 4.87. The van der Waals surface area contributed by atoms with E-state index in [1.54, 1.807) is 0 Å². The Morgan fingerprint density at radius 1 is 1.11 bits per heavy atom. The quantitative estimate of drug-likeness (QED) is 0.732. The highest BCUT2D eigenvalue weighted by Crippen LogP contribution is 2.28. The highest BCUT2D eigenvalue weighted by molar-refractivity contribution is 7.99. The summed E-state index contributed by atoms with van der Waals surface area (Å²) in [5.41, 5.74) is 2.75. The van der Waals surface area contributed by atoms with Crippen molar-refractivity contribution < 1.29 is 0 Å². The Hall–Kier alpha value is -0.470. The minimum absolute atomic E-state index is 0.462. The van der Waals surface area contributed by atoms with Crippen molar-refractivity contribution in [3.63, 3.8) is 0 Å². The third kappa shape index (κ3) is 6.01. The van der Waals surface area contributed by atoms with E-state index in [1.165, 1.54) is 23.3 Å². The number of aryl methyl sites for hydroxylation is 1. The van der Waals surface area contributed by atoms with Crippen LogP contribution in [0.2, 0.25) is 0 Å². The van der Waals surface area contributed by atoms with Gasteiger partial charge in [-0.1, -0.05) is 57.5 Å². The largest absolute Gasteiger partial charge is 0.309 e. The molecule has 1 aromatic rings. The standard InChI is InChI=1S/C17H29NS/c1-6-11-18-17(15(5)19-12-13(2)3)16-9-7-14(4)8-10-16/h7-10,13,15,17-18H,6,11-12H2,1-5H3. The monoisotopic (exact) mass is 279 g/mol. The van der Waals surface area contributed by atoms with Crippen LogP contribution in [0.4, 0.5) is 0 Å². The van der Waals surface area contributed by atoms with Crippen LogP contribution in [0.25, 0.3) is 0 Å². The zero-order valence-corrected chi connectivity index (χ0v) is 13.9. The van der Waals surface area contributed by atoms with Gasteiger partial charge in [-0.05, 0) is 37.1 Å². The molecule has 0 saturated heterocycles. The summed E-state index contributed by atoms with van der Waals surface area (Å²) in [5, 5.41) is 4.32. The topological polar surface area (TPSA) is 12.0 Å². The predicted molar refractivity (Wildman–Crippen MR) is 89.0 cm³/mol. The fourth-order valence-corrected chi connectivity index (χ4v) is 3.20. The number of thioether (sulfide) groups is 1. The van der Waals surface area contributed by atoms with Crippen molar-refractivity contribution in [2.75, 3.05) is 12.3 Å². The highest BCUT2D eigenvalue weighted by Gasteiger charge is 2.19. The second kappa shape index (κ2) is 8.65. The molecule has 0 radical (unpaired) electrons. The van der Waals surface area contributed by atoms with Crippen molar-refractivity contribution in [1.29, 1.82) is 0 Å². The van der Waals surface area contributed by atoms with Gasteiger partial charge in [0.25, 0.3) is 0 Å². The lowest BCUT2D eigenvalue weighted by atomic mass is 10.0. The molecule has 0 aliphatic rings. The molecule has 0 aliphatic carbocycles. The van der Waals surface area contributed by atoms with E-state index in [9.17, 15) is 0 Å². The van der Waals surface area contributed by atoms with Crippen LogP contribution in [0, 0.1) is 12.8 Å². The zero-order valence-electron chi connectivity index (χ0n) is 13.1. The zero-order chi connectivity index (χ0) is 14.3. The fraction of sp³-hybridized carbons (Fsp3) is 0.647. The van der Waals surface area contributed by atoms with Gasteiger partial charge in [0.05, 0.1) is 0 Å². The van der Waals surface area contributed by atoms with E-state index in [4.69, 9.17) is 0 Å². The lowest BCUT2D eigenvalue weighted by Gasteiger charge is -2.26. The van der Waals surface area contributed by atoms with Gasteiger partial charge in [-0.15, -0.1) is 0 Å². The van der Waals surface area contributed by atoms with Gasteiger partial charge < -0.3 is 5.32 Å². The molecule has 0 bridgehead atoms. The average molecular weight is 279 g/mol. The van der Waals surface area contributed by atoms with Gasteiger partial charge in [0, 0.05) is 11.3 Å². The molecule has 19 heavy (non-hydrogen) atoms. The molecule has 0 heterocycles. The molecule has 2 unspecified atom stereocenters. The van der Waals surface area contributed by atoms with Crippen molar-refractivity contribution in [3.05, 3.63) is 35.4 Å². The van der Waals surface area contributed by atoms with E-state index in [0.717, 1.165) is 12.5 Å². The van der Waals surface area contributed by atoms with Crippen molar-refractivity contribution in [2.24, 2.45) is 5.92 Å². The second-order valence-corrected chi connectivity index (χ2v) is 7.19. The number of benzene rings is 1. The van der Waals surface area contributed by atoms with Crippen molar-refractivity contribution >= 4 is 11.8 Å². The van der Waals surface area contributed by atoms with E-state index in [-0.39, 0.29) is 0 Å². The molecule has 1 N–H and O–H groups in total. The summed E-state index contributed by atoms with van der Waals surface area (Å²) in [6.07, 6.45) is 1.18. The Morgan fingerprint density at radius 3 is 2.26 bits per heavy atom. The highest BCUT2D eigenvalue weighted by atomic mass is 32.2. The summed E-state index contributed by atoms with van der Waals surface area (Å²) in [4.78, 5) is 0. The number of hydrogen-bond acceptors (Lipinski definition) is 2. The lowest BCUT2D eigenvalue weighted by Crippen LogP contribution is -2.29. The van der Waals surface area contributed by atoms with E-state index in [0.29, 0.717) is 11.3 Å². The van der Waals surface area contributed by atoms with Crippen LogP contribution in [0.3, 0.4) is 0 Å². The summed E-state index contributed by atoms with van der Waals surface area (Å²) in [5.74, 6) is 1.99. The molecule has 108 valence electrons. The lowest BCUT2D eigenvalue weighted by molar-refractivity contribution is 0.527. The van der Waals surface area contributed by atoms with Crippen LogP contribution >= 0.6 is 11.8 Å². The Labute approximate surface area is 123 Å². The van der Waals surface area contributed by atoms with Crippen LogP contribution in [0.5, 0.6) is 0 Å². The molecule has 0 fully saturated rings.